The third-order valence-corrected chi connectivity index (χ3v) is 5.27. The largest absolute Gasteiger partial charge is 1.00 e. The Morgan fingerprint density at radius 3 is 2.55 bits per heavy atom. The summed E-state index contributed by atoms with van der Waals surface area (Å²) in [6, 6.07) is 10.7. The fourth-order valence-electron chi connectivity index (χ4n) is 2.94. The summed E-state index contributed by atoms with van der Waals surface area (Å²) < 4.78 is 5.88. The molecule has 1 saturated carbocycles. The number of anilines is 1. The summed E-state index contributed by atoms with van der Waals surface area (Å²) in [5.74, 6) is 1.10. The molecule has 0 atom stereocenters. The van der Waals surface area contributed by atoms with Crippen molar-refractivity contribution in [3.05, 3.63) is 64.2 Å². The molecule has 0 saturated heterocycles. The van der Waals surface area contributed by atoms with Crippen LogP contribution in [0.25, 0.3) is 5.73 Å². The second kappa shape index (κ2) is 13.6. The summed E-state index contributed by atoms with van der Waals surface area (Å²) in [6.07, 6.45) is 7.97. The van der Waals surface area contributed by atoms with E-state index >= 15 is 0 Å². The third kappa shape index (κ3) is 8.15. The van der Waals surface area contributed by atoms with Gasteiger partial charge in [0.1, 0.15) is 5.75 Å². The number of ether oxygens (including phenoxy) is 1. The second-order valence-corrected chi connectivity index (χ2v) is 7.43. The maximum Gasteiger partial charge on any atom is 1.00 e. The Morgan fingerprint density at radius 1 is 1.28 bits per heavy atom. The number of hydrogen-bond acceptors (Lipinski definition) is 3. The fourth-order valence-corrected chi connectivity index (χ4v) is 3.31. The zero-order valence-corrected chi connectivity index (χ0v) is 21.8. The van der Waals surface area contributed by atoms with Gasteiger partial charge in [0.25, 0.3) is 0 Å². The van der Waals surface area contributed by atoms with Crippen molar-refractivity contribution in [2.45, 2.75) is 32.6 Å². The zero-order chi connectivity index (χ0) is 20.5. The summed E-state index contributed by atoms with van der Waals surface area (Å²) in [7, 11) is 1.64. The molecule has 0 spiro atoms. The Morgan fingerprint density at radius 2 is 1.97 bits per heavy atom. The van der Waals surface area contributed by atoms with Crippen LogP contribution < -0.4 is 61.4 Å². The summed E-state index contributed by atoms with van der Waals surface area (Å²) in [5, 5.41) is 2.98. The average Bonchev–Trinajstić information content (AvgIpc) is 2.72. The molecule has 1 fully saturated rings. The molecule has 150 valence electrons. The van der Waals surface area contributed by atoms with Gasteiger partial charge in [-0.15, -0.1) is 6.07 Å². The number of halogens is 1. The quantitative estimate of drug-likeness (QED) is 0.537. The topological polar surface area (TPSA) is 79.2 Å². The third-order valence-electron chi connectivity index (χ3n) is 4.61. The van der Waals surface area contributed by atoms with Gasteiger partial charge in [0, 0.05) is 17.7 Å². The molecular formula is C22H24BrKN2O3-2. The molecule has 1 aliphatic carbocycles. The van der Waals surface area contributed by atoms with Gasteiger partial charge in [0.15, 0.2) is 0 Å². The minimum absolute atomic E-state index is 0. The molecule has 1 aliphatic rings. The van der Waals surface area contributed by atoms with Crippen LogP contribution in [0, 0.1) is 19.3 Å². The Balaban J connectivity index is 0.000000327. The van der Waals surface area contributed by atoms with Crippen LogP contribution in [-0.2, 0) is 9.59 Å². The number of nitrogens with one attached hydrogen (secondary N) is 2. The van der Waals surface area contributed by atoms with Crippen LogP contribution in [0.5, 0.6) is 5.75 Å². The minimum Gasteiger partial charge on any atom is -0.756 e. The number of aryl methyl sites for hydroxylation is 1. The molecule has 0 heterocycles. The van der Waals surface area contributed by atoms with Gasteiger partial charge in [-0.1, -0.05) is 45.4 Å². The summed E-state index contributed by atoms with van der Waals surface area (Å²) in [6.45, 7) is 1.99. The molecule has 0 aromatic heterocycles. The monoisotopic (exact) mass is 482 g/mol. The SMILES string of the molecule is COc1cc(NC(=O)C2CC[CH-]CC2)ccc1C.[K+].[NH-]c1c(Br)cccc1[C-]=O. The first-order valence-electron chi connectivity index (χ1n) is 9.11. The Hall–Kier alpha value is -0.704. The van der Waals surface area contributed by atoms with E-state index in [4.69, 9.17) is 10.5 Å². The van der Waals surface area contributed by atoms with Crippen molar-refractivity contribution < 1.29 is 65.7 Å². The first-order valence-corrected chi connectivity index (χ1v) is 9.91. The zero-order valence-electron chi connectivity index (χ0n) is 17.0. The smallest absolute Gasteiger partial charge is 0.756 e. The van der Waals surface area contributed by atoms with E-state index < -0.39 is 0 Å². The van der Waals surface area contributed by atoms with Gasteiger partial charge in [-0.05, 0) is 18.6 Å². The van der Waals surface area contributed by atoms with Crippen LogP contribution in [0.4, 0.5) is 11.4 Å². The minimum atomic E-state index is 0. The molecule has 0 bridgehead atoms. The van der Waals surface area contributed by atoms with Crippen LogP contribution in [0.3, 0.4) is 0 Å². The molecule has 29 heavy (non-hydrogen) atoms. The molecule has 2 aromatic rings. The standard InChI is InChI=1S/C15H20NO2.C7H4BrNO.K/c1-11-8-9-13(10-14(11)18-2)16-15(17)12-6-4-3-5-7-12;8-6-3-1-2-5(4-10)7(6)9;/h3,8-10,12H,4-7H2,1-2H3,(H,16,17);1-3,9H;/q-1;-2;+1. The van der Waals surface area contributed by atoms with Crippen LogP contribution in [-0.4, -0.2) is 19.3 Å². The van der Waals surface area contributed by atoms with Crippen molar-refractivity contribution in [3.8, 4) is 5.75 Å². The predicted molar refractivity (Wildman–Crippen MR) is 116 cm³/mol. The van der Waals surface area contributed by atoms with E-state index in [0.29, 0.717) is 4.47 Å². The molecule has 0 unspecified atom stereocenters. The van der Waals surface area contributed by atoms with E-state index in [1.807, 2.05) is 25.1 Å². The molecule has 3 rings (SSSR count). The van der Waals surface area contributed by atoms with Gasteiger partial charge in [0.2, 0.25) is 5.91 Å². The van der Waals surface area contributed by atoms with Gasteiger partial charge in [0.05, 0.1) is 13.4 Å². The maximum absolute atomic E-state index is 12.1. The summed E-state index contributed by atoms with van der Waals surface area (Å²) >= 11 is 3.12. The number of hydrogen-bond donors (Lipinski definition) is 1. The summed E-state index contributed by atoms with van der Waals surface area (Å²) in [4.78, 5) is 22.2. The van der Waals surface area contributed by atoms with E-state index in [1.165, 1.54) is 0 Å². The number of benzene rings is 2. The number of methoxy groups -OCH3 is 1. The van der Waals surface area contributed by atoms with Crippen molar-refractivity contribution in [2.24, 2.45) is 5.92 Å². The predicted octanol–water partition coefficient (Wildman–Crippen LogP) is 2.93. The second-order valence-electron chi connectivity index (χ2n) is 6.58. The molecule has 2 aromatic carbocycles. The molecule has 5 nitrogen and oxygen atoms in total. The Kier molecular flexibility index (Phi) is 12.3. The first-order chi connectivity index (χ1) is 13.5. The Bertz CT molecular complexity index is 824. The van der Waals surface area contributed by atoms with Crippen molar-refractivity contribution >= 4 is 39.5 Å². The van der Waals surface area contributed by atoms with E-state index in [2.05, 4.69) is 27.7 Å². The molecule has 0 radical (unpaired) electrons. The van der Waals surface area contributed by atoms with Gasteiger partial charge in [-0.2, -0.15) is 24.5 Å². The molecule has 2 N–H and O–H groups in total. The van der Waals surface area contributed by atoms with E-state index in [0.717, 1.165) is 42.7 Å². The van der Waals surface area contributed by atoms with E-state index in [9.17, 15) is 9.59 Å². The van der Waals surface area contributed by atoms with Crippen molar-refractivity contribution in [1.29, 1.82) is 0 Å². The Labute approximate surface area is 223 Å². The molecule has 1 amide bonds. The number of amides is 1. The van der Waals surface area contributed by atoms with Gasteiger partial charge in [-0.3, -0.25) is 4.79 Å². The van der Waals surface area contributed by atoms with Gasteiger partial charge < -0.3 is 27.0 Å². The first kappa shape index (κ1) is 26.3. The maximum atomic E-state index is 12.1. The fraction of sp³-hybridized carbons (Fsp3) is 0.318. The average molecular weight is 483 g/mol. The number of carbonyl (C=O) groups is 1. The van der Waals surface area contributed by atoms with Crippen LogP contribution in [0.15, 0.2) is 40.9 Å². The van der Waals surface area contributed by atoms with E-state index in [-0.39, 0.29) is 74.5 Å². The molecule has 0 aliphatic heterocycles. The van der Waals surface area contributed by atoms with Crippen molar-refractivity contribution in [1.82, 2.24) is 0 Å². The number of rotatable bonds is 4. The van der Waals surface area contributed by atoms with Crippen LogP contribution >= 0.6 is 15.9 Å². The van der Waals surface area contributed by atoms with Crippen LogP contribution in [0.2, 0.25) is 0 Å². The number of carbonyl (C=O) groups excluding carboxylic acids is 2. The van der Waals surface area contributed by atoms with Crippen molar-refractivity contribution in [2.75, 3.05) is 12.4 Å². The van der Waals surface area contributed by atoms with Crippen molar-refractivity contribution in [3.63, 3.8) is 0 Å². The summed E-state index contributed by atoms with van der Waals surface area (Å²) in [5.41, 5.74) is 9.65. The van der Waals surface area contributed by atoms with E-state index in [1.54, 1.807) is 31.6 Å². The van der Waals surface area contributed by atoms with Gasteiger partial charge >= 0.3 is 51.4 Å². The molecular weight excluding hydrogens is 459 g/mol. The normalized spacial score (nSPS) is 13.3. The van der Waals surface area contributed by atoms with Crippen LogP contribution in [0.1, 0.15) is 36.8 Å². The molecule has 7 heteroatoms. The van der Waals surface area contributed by atoms with Gasteiger partial charge in [-0.25, -0.2) is 5.69 Å².